The molecule has 0 bridgehead atoms. The Hall–Kier alpha value is -2.14. The highest BCUT2D eigenvalue weighted by molar-refractivity contribution is 9.10. The number of carbonyl (C=O) groups excluding carboxylic acids is 2. The van der Waals surface area contributed by atoms with Crippen LogP contribution in [0.2, 0.25) is 0 Å². The summed E-state index contributed by atoms with van der Waals surface area (Å²) in [6, 6.07) is 15.2. The average molecular weight is 403 g/mol. The summed E-state index contributed by atoms with van der Waals surface area (Å²) in [5.41, 5.74) is 3.07. The molecule has 2 amide bonds. The third-order valence-electron chi connectivity index (χ3n) is 4.00. The molecule has 2 aromatic carbocycles. The van der Waals surface area contributed by atoms with Crippen molar-refractivity contribution < 1.29 is 9.59 Å². The lowest BCUT2D eigenvalue weighted by molar-refractivity contribution is -0.123. The molecule has 2 N–H and O–H groups in total. The van der Waals surface area contributed by atoms with Crippen LogP contribution < -0.4 is 10.6 Å². The summed E-state index contributed by atoms with van der Waals surface area (Å²) < 4.78 is 0.958. The van der Waals surface area contributed by atoms with E-state index in [1.54, 1.807) is 0 Å². The van der Waals surface area contributed by atoms with Crippen molar-refractivity contribution in [3.05, 3.63) is 69.7 Å². The van der Waals surface area contributed by atoms with Crippen molar-refractivity contribution in [2.24, 2.45) is 0 Å². The van der Waals surface area contributed by atoms with Crippen LogP contribution in [0.3, 0.4) is 0 Å². The number of hydrogen-bond acceptors (Lipinski definition) is 2. The molecule has 0 unspecified atom stereocenters. The van der Waals surface area contributed by atoms with Gasteiger partial charge in [-0.15, -0.1) is 0 Å². The molecule has 0 aliphatic carbocycles. The molecule has 25 heavy (non-hydrogen) atoms. The Morgan fingerprint density at radius 1 is 1.04 bits per heavy atom. The lowest BCUT2D eigenvalue weighted by Gasteiger charge is -2.21. The highest BCUT2D eigenvalue weighted by Gasteiger charge is 2.19. The molecular weight excluding hydrogens is 380 g/mol. The molecule has 0 fully saturated rings. The van der Waals surface area contributed by atoms with Crippen LogP contribution in [0.25, 0.3) is 0 Å². The van der Waals surface area contributed by atoms with E-state index in [0.29, 0.717) is 0 Å². The Balaban J connectivity index is 2.07. The first-order chi connectivity index (χ1) is 11.9. The molecule has 2 aromatic rings. The van der Waals surface area contributed by atoms with Crippen LogP contribution in [0, 0.1) is 6.92 Å². The van der Waals surface area contributed by atoms with Gasteiger partial charge in [-0.2, -0.15) is 0 Å². The third-order valence-corrected chi connectivity index (χ3v) is 4.72. The lowest BCUT2D eigenvalue weighted by atomic mass is 10.0. The fraction of sp³-hybridized carbons (Fsp3) is 0.300. The van der Waals surface area contributed by atoms with E-state index in [2.05, 4.69) is 26.6 Å². The number of aryl methyl sites for hydroxylation is 1. The van der Waals surface area contributed by atoms with Crippen LogP contribution in [0.1, 0.15) is 49.0 Å². The Bertz CT molecular complexity index is 744. The van der Waals surface area contributed by atoms with E-state index in [1.807, 2.05) is 62.4 Å². The number of nitrogens with one attached hydrogen (secondary N) is 2. The molecule has 2 atom stereocenters. The molecule has 0 saturated carbocycles. The van der Waals surface area contributed by atoms with Gasteiger partial charge in [-0.05, 0) is 31.0 Å². The van der Waals surface area contributed by atoms with Crippen LogP contribution in [0.4, 0.5) is 0 Å². The fourth-order valence-corrected chi connectivity index (χ4v) is 3.31. The summed E-state index contributed by atoms with van der Waals surface area (Å²) >= 11 is 3.51. The number of carbonyl (C=O) groups is 2. The van der Waals surface area contributed by atoms with E-state index in [4.69, 9.17) is 0 Å². The molecule has 0 aliphatic heterocycles. The number of halogens is 1. The van der Waals surface area contributed by atoms with Crippen molar-refractivity contribution in [1.82, 2.24) is 10.6 Å². The van der Waals surface area contributed by atoms with Gasteiger partial charge < -0.3 is 10.6 Å². The first-order valence-electron chi connectivity index (χ1n) is 8.24. The molecule has 0 aliphatic rings. The van der Waals surface area contributed by atoms with Crippen molar-refractivity contribution in [1.29, 1.82) is 0 Å². The summed E-state index contributed by atoms with van der Waals surface area (Å²) in [4.78, 5) is 24.0. The van der Waals surface area contributed by atoms with Crippen molar-refractivity contribution in [2.45, 2.75) is 39.3 Å². The minimum atomic E-state index is -0.343. The molecule has 0 aromatic heterocycles. The predicted molar refractivity (Wildman–Crippen MR) is 103 cm³/mol. The number of hydrogen-bond donors (Lipinski definition) is 2. The fourth-order valence-electron chi connectivity index (χ4n) is 2.69. The predicted octanol–water partition coefficient (Wildman–Crippen LogP) is 4.20. The summed E-state index contributed by atoms with van der Waals surface area (Å²) in [6.07, 6.45) is 0.192. The van der Waals surface area contributed by atoms with Gasteiger partial charge in [-0.3, -0.25) is 9.59 Å². The van der Waals surface area contributed by atoms with Crippen LogP contribution in [-0.2, 0) is 9.59 Å². The topological polar surface area (TPSA) is 58.2 Å². The van der Waals surface area contributed by atoms with Gasteiger partial charge in [0.05, 0.1) is 18.5 Å². The SMILES string of the molecule is CC(=O)N[C@H](CC(=O)N[C@@H](C)c1ccccc1Br)c1ccc(C)cc1. The normalized spacial score (nSPS) is 13.0. The first kappa shape index (κ1) is 19.2. The first-order valence-corrected chi connectivity index (χ1v) is 9.03. The largest absolute Gasteiger partial charge is 0.349 e. The van der Waals surface area contributed by atoms with E-state index < -0.39 is 0 Å². The minimum absolute atomic E-state index is 0.109. The third kappa shape index (κ3) is 5.71. The zero-order chi connectivity index (χ0) is 18.4. The summed E-state index contributed by atoms with van der Waals surface area (Å²) in [6.45, 7) is 5.41. The van der Waals surface area contributed by atoms with Crippen molar-refractivity contribution >= 4 is 27.7 Å². The van der Waals surface area contributed by atoms with E-state index in [9.17, 15) is 9.59 Å². The van der Waals surface area contributed by atoms with Gasteiger partial charge in [0.25, 0.3) is 0 Å². The highest BCUT2D eigenvalue weighted by Crippen LogP contribution is 2.23. The van der Waals surface area contributed by atoms with Crippen LogP contribution in [-0.4, -0.2) is 11.8 Å². The van der Waals surface area contributed by atoms with E-state index >= 15 is 0 Å². The zero-order valence-electron chi connectivity index (χ0n) is 14.7. The van der Waals surface area contributed by atoms with Crippen LogP contribution in [0.5, 0.6) is 0 Å². The van der Waals surface area contributed by atoms with Gasteiger partial charge in [0.1, 0.15) is 0 Å². The molecule has 4 nitrogen and oxygen atoms in total. The van der Waals surface area contributed by atoms with Gasteiger partial charge in [0.15, 0.2) is 0 Å². The van der Waals surface area contributed by atoms with Gasteiger partial charge in [-0.1, -0.05) is 64.0 Å². The molecule has 0 heterocycles. The van der Waals surface area contributed by atoms with E-state index in [1.165, 1.54) is 6.92 Å². The molecule has 5 heteroatoms. The van der Waals surface area contributed by atoms with Crippen molar-refractivity contribution in [3.8, 4) is 0 Å². The molecule has 0 saturated heterocycles. The second kappa shape index (κ2) is 8.81. The number of amides is 2. The molecule has 0 radical (unpaired) electrons. The maximum Gasteiger partial charge on any atom is 0.222 e. The Morgan fingerprint density at radius 3 is 2.28 bits per heavy atom. The van der Waals surface area contributed by atoms with Gasteiger partial charge in [0, 0.05) is 11.4 Å². The van der Waals surface area contributed by atoms with Gasteiger partial charge in [0.2, 0.25) is 11.8 Å². The maximum atomic E-state index is 12.5. The Labute approximate surface area is 157 Å². The minimum Gasteiger partial charge on any atom is -0.349 e. The number of benzene rings is 2. The molecule has 0 spiro atoms. The Kier molecular flexibility index (Phi) is 6.76. The highest BCUT2D eigenvalue weighted by atomic mass is 79.9. The van der Waals surface area contributed by atoms with Gasteiger partial charge in [-0.25, -0.2) is 0 Å². The summed E-state index contributed by atoms with van der Waals surface area (Å²) in [7, 11) is 0. The summed E-state index contributed by atoms with van der Waals surface area (Å²) in [5.74, 6) is -0.264. The Morgan fingerprint density at radius 2 is 1.68 bits per heavy atom. The molecular formula is C20H23BrN2O2. The van der Waals surface area contributed by atoms with Crippen LogP contribution in [0.15, 0.2) is 53.0 Å². The average Bonchev–Trinajstić information content (AvgIpc) is 2.54. The zero-order valence-corrected chi connectivity index (χ0v) is 16.3. The maximum absolute atomic E-state index is 12.5. The van der Waals surface area contributed by atoms with E-state index in [-0.39, 0.29) is 30.3 Å². The smallest absolute Gasteiger partial charge is 0.222 e. The second-order valence-electron chi connectivity index (χ2n) is 6.18. The monoisotopic (exact) mass is 402 g/mol. The standard InChI is InChI=1S/C20H23BrN2O2/c1-13-8-10-16(11-9-13)19(23-15(3)24)12-20(25)22-14(2)17-6-4-5-7-18(17)21/h4-11,14,19H,12H2,1-3H3,(H,22,25)(H,23,24)/t14-,19+/m0/s1. The quantitative estimate of drug-likeness (QED) is 0.760. The molecule has 132 valence electrons. The number of rotatable bonds is 6. The lowest BCUT2D eigenvalue weighted by Crippen LogP contribution is -2.33. The van der Waals surface area contributed by atoms with Crippen molar-refractivity contribution in [3.63, 3.8) is 0 Å². The van der Waals surface area contributed by atoms with Crippen molar-refractivity contribution in [2.75, 3.05) is 0 Å². The van der Waals surface area contributed by atoms with Crippen LogP contribution >= 0.6 is 15.9 Å². The van der Waals surface area contributed by atoms with E-state index in [0.717, 1.165) is 21.2 Å². The van der Waals surface area contributed by atoms with Gasteiger partial charge >= 0.3 is 0 Å². The molecule has 2 rings (SSSR count). The summed E-state index contributed by atoms with van der Waals surface area (Å²) in [5, 5.41) is 5.86. The second-order valence-corrected chi connectivity index (χ2v) is 7.03.